The lowest BCUT2D eigenvalue weighted by molar-refractivity contribution is 1.64. The molecule has 0 saturated carbocycles. The molecule has 0 atom stereocenters. The second-order valence-corrected chi connectivity index (χ2v) is 11.2. The molecule has 0 N–H and O–H groups in total. The molecule has 0 bridgehead atoms. The van der Waals surface area contributed by atoms with Crippen molar-refractivity contribution in [1.82, 2.24) is 0 Å². The molecule has 9 aromatic carbocycles. The molecule has 0 aliphatic rings. The highest BCUT2D eigenvalue weighted by Gasteiger charge is 2.15. The summed E-state index contributed by atoms with van der Waals surface area (Å²) in [6.45, 7) is 0. The Kier molecular flexibility index (Phi) is 5.00. The van der Waals surface area contributed by atoms with Crippen molar-refractivity contribution in [3.8, 4) is 22.3 Å². The molecular weight excluding hydrogens is 504 g/mol. The molecule has 0 amide bonds. The maximum absolute atomic E-state index is 2.39. The molecule has 0 unspecified atom stereocenters. The van der Waals surface area contributed by atoms with E-state index in [1.54, 1.807) is 0 Å². The Morgan fingerprint density at radius 1 is 0.214 bits per heavy atom. The van der Waals surface area contributed by atoms with Crippen LogP contribution in [0.3, 0.4) is 0 Å². The van der Waals surface area contributed by atoms with Gasteiger partial charge in [-0.05, 0) is 93.0 Å². The summed E-state index contributed by atoms with van der Waals surface area (Å²) in [6.07, 6.45) is 0. The van der Waals surface area contributed by atoms with E-state index in [2.05, 4.69) is 158 Å². The van der Waals surface area contributed by atoms with Crippen LogP contribution in [0, 0.1) is 0 Å². The SMILES string of the molecule is c1cc(-c2cccc3c4ccccc4c4ccccc4c23)cc(-c2cccc3c4ccccc4c4ccccc4c23)c1. The predicted molar refractivity (Wildman–Crippen MR) is 182 cm³/mol. The van der Waals surface area contributed by atoms with Crippen molar-refractivity contribution in [2.24, 2.45) is 0 Å². The third-order valence-electron chi connectivity index (χ3n) is 9.02. The van der Waals surface area contributed by atoms with Crippen molar-refractivity contribution >= 4 is 64.6 Å². The number of fused-ring (bicyclic) bond motifs is 12. The summed E-state index contributed by atoms with van der Waals surface area (Å²) in [7, 11) is 0. The molecule has 0 aliphatic heterocycles. The normalized spacial score (nSPS) is 11.8. The van der Waals surface area contributed by atoms with Crippen LogP contribution < -0.4 is 0 Å². The summed E-state index contributed by atoms with van der Waals surface area (Å²) < 4.78 is 0. The third kappa shape index (κ3) is 3.30. The summed E-state index contributed by atoms with van der Waals surface area (Å²) in [5.74, 6) is 0. The first-order valence-corrected chi connectivity index (χ1v) is 14.6. The molecule has 0 nitrogen and oxygen atoms in total. The summed E-state index contributed by atoms with van der Waals surface area (Å²) in [5, 5.41) is 15.7. The zero-order chi connectivity index (χ0) is 27.6. The van der Waals surface area contributed by atoms with Gasteiger partial charge >= 0.3 is 0 Å². The van der Waals surface area contributed by atoms with Crippen LogP contribution in [0.5, 0.6) is 0 Å². The van der Waals surface area contributed by atoms with Gasteiger partial charge in [0, 0.05) is 0 Å². The van der Waals surface area contributed by atoms with E-state index in [-0.39, 0.29) is 0 Å². The van der Waals surface area contributed by atoms with E-state index < -0.39 is 0 Å². The largest absolute Gasteiger partial charge is 0.0616 e. The van der Waals surface area contributed by atoms with Gasteiger partial charge < -0.3 is 0 Å². The van der Waals surface area contributed by atoms with Crippen LogP contribution in [0.2, 0.25) is 0 Å². The van der Waals surface area contributed by atoms with Gasteiger partial charge in [-0.3, -0.25) is 0 Å². The fraction of sp³-hybridized carbons (Fsp3) is 0. The van der Waals surface area contributed by atoms with Crippen LogP contribution in [0.4, 0.5) is 0 Å². The van der Waals surface area contributed by atoms with Crippen LogP contribution in [-0.4, -0.2) is 0 Å². The summed E-state index contributed by atoms with van der Waals surface area (Å²) in [4.78, 5) is 0. The van der Waals surface area contributed by atoms with Crippen LogP contribution in [0.25, 0.3) is 86.9 Å². The first-order valence-electron chi connectivity index (χ1n) is 14.6. The lowest BCUT2D eigenvalue weighted by Gasteiger charge is -2.16. The second kappa shape index (κ2) is 9.03. The molecule has 0 saturated heterocycles. The maximum Gasteiger partial charge on any atom is -0.00204 e. The summed E-state index contributed by atoms with van der Waals surface area (Å²) in [5.41, 5.74) is 5.01. The molecule has 9 rings (SSSR count). The third-order valence-corrected chi connectivity index (χ3v) is 9.02. The zero-order valence-electron chi connectivity index (χ0n) is 23.0. The van der Waals surface area contributed by atoms with E-state index in [9.17, 15) is 0 Å². The number of hydrogen-bond acceptors (Lipinski definition) is 0. The van der Waals surface area contributed by atoms with Gasteiger partial charge in [0.05, 0.1) is 0 Å². The highest BCUT2D eigenvalue weighted by Crippen LogP contribution is 2.43. The average molecular weight is 531 g/mol. The molecule has 194 valence electrons. The molecular formula is C42H26. The number of hydrogen-bond donors (Lipinski definition) is 0. The van der Waals surface area contributed by atoms with E-state index in [0.29, 0.717) is 0 Å². The quantitative estimate of drug-likeness (QED) is 0.195. The Morgan fingerprint density at radius 2 is 0.476 bits per heavy atom. The zero-order valence-corrected chi connectivity index (χ0v) is 23.0. The van der Waals surface area contributed by atoms with Gasteiger partial charge in [-0.1, -0.05) is 152 Å². The van der Waals surface area contributed by atoms with Crippen LogP contribution in [-0.2, 0) is 0 Å². The first-order chi connectivity index (χ1) is 20.9. The highest BCUT2D eigenvalue weighted by atomic mass is 14.2. The van der Waals surface area contributed by atoms with E-state index in [0.717, 1.165) is 0 Å². The lowest BCUT2D eigenvalue weighted by atomic mass is 9.87. The minimum atomic E-state index is 1.24. The number of rotatable bonds is 2. The van der Waals surface area contributed by atoms with Crippen LogP contribution >= 0.6 is 0 Å². The maximum atomic E-state index is 2.39. The molecule has 0 aliphatic carbocycles. The van der Waals surface area contributed by atoms with Gasteiger partial charge in [0.2, 0.25) is 0 Å². The first kappa shape index (κ1) is 23.3. The Morgan fingerprint density at radius 3 is 0.833 bits per heavy atom. The monoisotopic (exact) mass is 530 g/mol. The number of benzene rings is 9. The topological polar surface area (TPSA) is 0 Å². The van der Waals surface area contributed by atoms with Crippen molar-refractivity contribution in [3.05, 3.63) is 158 Å². The van der Waals surface area contributed by atoms with Crippen molar-refractivity contribution in [2.45, 2.75) is 0 Å². The summed E-state index contributed by atoms with van der Waals surface area (Å²) in [6, 6.07) is 58.0. The molecule has 0 aromatic heterocycles. The lowest BCUT2D eigenvalue weighted by Crippen LogP contribution is -1.89. The fourth-order valence-electron chi connectivity index (χ4n) is 7.25. The Bertz CT molecular complexity index is 2250. The molecule has 42 heavy (non-hydrogen) atoms. The van der Waals surface area contributed by atoms with E-state index in [1.165, 1.54) is 86.9 Å². The van der Waals surface area contributed by atoms with Gasteiger partial charge in [-0.15, -0.1) is 0 Å². The van der Waals surface area contributed by atoms with Gasteiger partial charge in [0.1, 0.15) is 0 Å². The molecule has 0 heteroatoms. The molecule has 0 heterocycles. The van der Waals surface area contributed by atoms with E-state index >= 15 is 0 Å². The Labute approximate surface area is 244 Å². The van der Waals surface area contributed by atoms with Crippen LogP contribution in [0.15, 0.2) is 158 Å². The van der Waals surface area contributed by atoms with Crippen molar-refractivity contribution in [2.75, 3.05) is 0 Å². The van der Waals surface area contributed by atoms with Crippen molar-refractivity contribution in [1.29, 1.82) is 0 Å². The van der Waals surface area contributed by atoms with Gasteiger partial charge in [-0.2, -0.15) is 0 Å². The Balaban J connectivity index is 1.36. The fourth-order valence-corrected chi connectivity index (χ4v) is 7.25. The minimum Gasteiger partial charge on any atom is -0.0616 e. The van der Waals surface area contributed by atoms with Gasteiger partial charge in [0.25, 0.3) is 0 Å². The molecule has 0 spiro atoms. The molecule has 0 fully saturated rings. The standard InChI is InChI=1S/C42H26/c1-3-16-35-31(14-1)33-18-5-7-20-37(33)41-29(22-10-24-39(35)41)27-12-9-13-28(26-27)30-23-11-25-40-36-17-4-2-15-32(36)34-19-6-8-21-38(34)42(30)40/h1-26H. The van der Waals surface area contributed by atoms with Crippen molar-refractivity contribution in [3.63, 3.8) is 0 Å². The highest BCUT2D eigenvalue weighted by molar-refractivity contribution is 6.30. The average Bonchev–Trinajstić information content (AvgIpc) is 3.08. The van der Waals surface area contributed by atoms with Crippen molar-refractivity contribution < 1.29 is 0 Å². The minimum absolute atomic E-state index is 1.24. The van der Waals surface area contributed by atoms with Gasteiger partial charge in [-0.25, -0.2) is 0 Å². The van der Waals surface area contributed by atoms with Crippen LogP contribution in [0.1, 0.15) is 0 Å². The van der Waals surface area contributed by atoms with E-state index in [1.807, 2.05) is 0 Å². The smallest absolute Gasteiger partial charge is 0.00204 e. The van der Waals surface area contributed by atoms with E-state index in [4.69, 9.17) is 0 Å². The van der Waals surface area contributed by atoms with Gasteiger partial charge in [0.15, 0.2) is 0 Å². The second-order valence-electron chi connectivity index (χ2n) is 11.2. The molecule has 9 aromatic rings. The Hall–Kier alpha value is -5.46. The summed E-state index contributed by atoms with van der Waals surface area (Å²) >= 11 is 0. The predicted octanol–water partition coefficient (Wildman–Crippen LogP) is 11.9. The molecule has 0 radical (unpaired) electrons.